The number of aliphatic imine (C=N–C) groups is 1. The zero-order valence-corrected chi connectivity index (χ0v) is 8.61. The first-order valence-electron chi connectivity index (χ1n) is 5.49. The summed E-state index contributed by atoms with van der Waals surface area (Å²) < 4.78 is 0. The van der Waals surface area contributed by atoms with E-state index in [-0.39, 0.29) is 0 Å². The summed E-state index contributed by atoms with van der Waals surface area (Å²) in [5, 5.41) is 1.36. The predicted octanol–water partition coefficient (Wildman–Crippen LogP) is 3.12. The Labute approximate surface area is 89.0 Å². The normalized spacial score (nSPS) is 20.9. The van der Waals surface area contributed by atoms with Gasteiger partial charge in [0.25, 0.3) is 0 Å². The molecule has 0 fully saturated rings. The van der Waals surface area contributed by atoms with Gasteiger partial charge in [0.15, 0.2) is 0 Å². The fraction of sp³-hybridized carbons (Fsp3) is 0.308. The molecule has 1 unspecified atom stereocenters. The number of H-pyrrole nitrogens is 1. The number of fused-ring (bicyclic) bond motifs is 1. The van der Waals surface area contributed by atoms with Crippen molar-refractivity contribution >= 4 is 17.1 Å². The van der Waals surface area contributed by atoms with Crippen LogP contribution in [0.1, 0.15) is 24.3 Å². The smallest absolute Gasteiger partial charge is 0.0456 e. The predicted molar refractivity (Wildman–Crippen MR) is 63.6 cm³/mol. The minimum atomic E-state index is 0.603. The summed E-state index contributed by atoms with van der Waals surface area (Å²) in [7, 11) is 0. The molecule has 1 aliphatic heterocycles. The van der Waals surface area contributed by atoms with Crippen molar-refractivity contribution in [2.75, 3.05) is 6.54 Å². The van der Waals surface area contributed by atoms with Crippen LogP contribution in [0.25, 0.3) is 10.9 Å². The number of para-hydroxylation sites is 1. The number of aromatic nitrogens is 1. The Bertz CT molecular complexity index is 496. The summed E-state index contributed by atoms with van der Waals surface area (Å²) in [6.45, 7) is 0.946. The average Bonchev–Trinajstić information content (AvgIpc) is 2.74. The van der Waals surface area contributed by atoms with Gasteiger partial charge >= 0.3 is 0 Å². The van der Waals surface area contributed by atoms with Gasteiger partial charge in [0.05, 0.1) is 0 Å². The van der Waals surface area contributed by atoms with E-state index in [1.54, 1.807) is 0 Å². The second-order valence-corrected chi connectivity index (χ2v) is 4.11. The molecule has 3 rings (SSSR count). The largest absolute Gasteiger partial charge is 0.361 e. The van der Waals surface area contributed by atoms with Crippen molar-refractivity contribution in [3.63, 3.8) is 0 Å². The minimum absolute atomic E-state index is 0.603. The summed E-state index contributed by atoms with van der Waals surface area (Å²) >= 11 is 0. The van der Waals surface area contributed by atoms with E-state index in [1.807, 2.05) is 6.21 Å². The third-order valence-corrected chi connectivity index (χ3v) is 3.16. The molecule has 0 radical (unpaired) electrons. The SMILES string of the molecule is C1=NCC(c2c[nH]c3ccccc23)CC1. The fourth-order valence-electron chi connectivity index (χ4n) is 2.35. The van der Waals surface area contributed by atoms with Crippen molar-refractivity contribution in [2.45, 2.75) is 18.8 Å². The third-order valence-electron chi connectivity index (χ3n) is 3.16. The van der Waals surface area contributed by atoms with Gasteiger partial charge in [-0.25, -0.2) is 0 Å². The van der Waals surface area contributed by atoms with Crippen molar-refractivity contribution in [1.29, 1.82) is 0 Å². The van der Waals surface area contributed by atoms with Gasteiger partial charge in [-0.3, -0.25) is 4.99 Å². The number of aromatic amines is 1. The maximum absolute atomic E-state index is 4.38. The van der Waals surface area contributed by atoms with E-state index in [0.29, 0.717) is 5.92 Å². The topological polar surface area (TPSA) is 28.1 Å². The van der Waals surface area contributed by atoms with Crippen LogP contribution in [0, 0.1) is 0 Å². The van der Waals surface area contributed by atoms with Crippen LogP contribution >= 0.6 is 0 Å². The first-order chi connectivity index (χ1) is 7.45. The molecule has 15 heavy (non-hydrogen) atoms. The molecule has 1 N–H and O–H groups in total. The highest BCUT2D eigenvalue weighted by Crippen LogP contribution is 2.30. The molecule has 2 aromatic rings. The van der Waals surface area contributed by atoms with Crippen LogP contribution in [0.2, 0.25) is 0 Å². The van der Waals surface area contributed by atoms with E-state index in [4.69, 9.17) is 0 Å². The molecular formula is C13H14N2. The first kappa shape index (κ1) is 8.72. The number of hydrogen-bond donors (Lipinski definition) is 1. The molecule has 2 nitrogen and oxygen atoms in total. The Morgan fingerprint density at radius 2 is 2.20 bits per heavy atom. The van der Waals surface area contributed by atoms with Crippen LogP contribution in [0.4, 0.5) is 0 Å². The summed E-state index contributed by atoms with van der Waals surface area (Å²) in [6.07, 6.45) is 6.54. The van der Waals surface area contributed by atoms with Crippen molar-refractivity contribution in [1.82, 2.24) is 4.98 Å². The average molecular weight is 198 g/mol. The van der Waals surface area contributed by atoms with Gasteiger partial charge < -0.3 is 4.98 Å². The van der Waals surface area contributed by atoms with E-state index >= 15 is 0 Å². The van der Waals surface area contributed by atoms with Gasteiger partial charge in [-0.05, 0) is 30.7 Å². The Balaban J connectivity index is 2.07. The lowest BCUT2D eigenvalue weighted by atomic mass is 9.93. The standard InChI is InChI=1S/C13H14N2/c1-2-6-13-11(5-1)12(9-15-13)10-4-3-7-14-8-10/h1-2,5-7,9-10,15H,3-4,8H2. The molecule has 1 aromatic heterocycles. The molecule has 0 saturated carbocycles. The minimum Gasteiger partial charge on any atom is -0.361 e. The summed E-state index contributed by atoms with van der Waals surface area (Å²) in [4.78, 5) is 7.72. The monoisotopic (exact) mass is 198 g/mol. The van der Waals surface area contributed by atoms with Gasteiger partial charge in [0.2, 0.25) is 0 Å². The Hall–Kier alpha value is -1.57. The van der Waals surface area contributed by atoms with E-state index < -0.39 is 0 Å². The zero-order valence-electron chi connectivity index (χ0n) is 8.61. The molecule has 1 aromatic carbocycles. The molecule has 2 heterocycles. The van der Waals surface area contributed by atoms with Gasteiger partial charge in [0.1, 0.15) is 0 Å². The lowest BCUT2D eigenvalue weighted by Gasteiger charge is -2.16. The molecule has 2 heteroatoms. The highest BCUT2D eigenvalue weighted by atomic mass is 14.7. The molecule has 0 spiro atoms. The fourth-order valence-corrected chi connectivity index (χ4v) is 2.35. The number of rotatable bonds is 1. The van der Waals surface area contributed by atoms with E-state index in [9.17, 15) is 0 Å². The van der Waals surface area contributed by atoms with Crippen LogP contribution in [0.15, 0.2) is 35.5 Å². The van der Waals surface area contributed by atoms with Crippen molar-refractivity contribution in [3.05, 3.63) is 36.0 Å². The highest BCUT2D eigenvalue weighted by molar-refractivity contribution is 5.83. The summed E-state index contributed by atoms with van der Waals surface area (Å²) in [5.41, 5.74) is 2.67. The van der Waals surface area contributed by atoms with Gasteiger partial charge in [0, 0.05) is 29.6 Å². The Morgan fingerprint density at radius 3 is 3.07 bits per heavy atom. The third kappa shape index (κ3) is 1.46. The maximum atomic E-state index is 4.38. The lowest BCUT2D eigenvalue weighted by Crippen LogP contribution is -2.07. The van der Waals surface area contributed by atoms with E-state index in [2.05, 4.69) is 40.4 Å². The summed E-state index contributed by atoms with van der Waals surface area (Å²) in [6, 6.07) is 8.50. The zero-order chi connectivity index (χ0) is 10.1. The molecule has 76 valence electrons. The van der Waals surface area contributed by atoms with Crippen molar-refractivity contribution < 1.29 is 0 Å². The molecule has 1 aliphatic rings. The van der Waals surface area contributed by atoms with Gasteiger partial charge in [-0.15, -0.1) is 0 Å². The summed E-state index contributed by atoms with van der Waals surface area (Å²) in [5.74, 6) is 0.603. The quantitative estimate of drug-likeness (QED) is 0.729. The molecule has 1 atom stereocenters. The van der Waals surface area contributed by atoms with E-state index in [1.165, 1.54) is 22.9 Å². The number of benzene rings is 1. The second kappa shape index (κ2) is 3.54. The number of nitrogens with one attached hydrogen (secondary N) is 1. The van der Waals surface area contributed by atoms with Gasteiger partial charge in [-0.1, -0.05) is 18.2 Å². The van der Waals surface area contributed by atoms with Crippen LogP contribution in [0.3, 0.4) is 0 Å². The van der Waals surface area contributed by atoms with Crippen LogP contribution < -0.4 is 0 Å². The van der Waals surface area contributed by atoms with Crippen LogP contribution in [0.5, 0.6) is 0 Å². The molecule has 0 bridgehead atoms. The van der Waals surface area contributed by atoms with Crippen molar-refractivity contribution in [3.8, 4) is 0 Å². The second-order valence-electron chi connectivity index (χ2n) is 4.11. The Morgan fingerprint density at radius 1 is 1.27 bits per heavy atom. The molecular weight excluding hydrogens is 184 g/mol. The maximum Gasteiger partial charge on any atom is 0.0456 e. The highest BCUT2D eigenvalue weighted by Gasteiger charge is 2.16. The van der Waals surface area contributed by atoms with Crippen LogP contribution in [-0.4, -0.2) is 17.7 Å². The first-order valence-corrected chi connectivity index (χ1v) is 5.49. The molecule has 0 aliphatic carbocycles. The van der Waals surface area contributed by atoms with Crippen LogP contribution in [-0.2, 0) is 0 Å². The lowest BCUT2D eigenvalue weighted by molar-refractivity contribution is 0.638. The van der Waals surface area contributed by atoms with Gasteiger partial charge in [-0.2, -0.15) is 0 Å². The number of hydrogen-bond acceptors (Lipinski definition) is 1. The Kier molecular flexibility index (Phi) is 2.05. The van der Waals surface area contributed by atoms with E-state index in [0.717, 1.165) is 13.0 Å². The number of nitrogens with zero attached hydrogens (tertiary/aromatic N) is 1. The molecule has 0 amide bonds. The van der Waals surface area contributed by atoms with Crippen molar-refractivity contribution in [2.24, 2.45) is 4.99 Å². The molecule has 0 saturated heterocycles.